The van der Waals surface area contributed by atoms with Crippen LogP contribution in [0.5, 0.6) is 5.75 Å². The summed E-state index contributed by atoms with van der Waals surface area (Å²) in [6.45, 7) is 1.83. The fraction of sp³-hybridized carbons (Fsp3) is 0.333. The number of rotatable bonds is 8. The van der Waals surface area contributed by atoms with Gasteiger partial charge in [0.1, 0.15) is 0 Å². The first-order valence-electron chi connectivity index (χ1n) is 12.6. The summed E-state index contributed by atoms with van der Waals surface area (Å²) in [5.74, 6) is -7.99. The van der Waals surface area contributed by atoms with Crippen molar-refractivity contribution < 1.29 is 36.6 Å². The second kappa shape index (κ2) is 11.6. The molecule has 0 aromatic heterocycles. The third kappa shape index (κ3) is 5.46. The summed E-state index contributed by atoms with van der Waals surface area (Å²) in [6.07, 6.45) is 2.39. The zero-order valence-electron chi connectivity index (χ0n) is 20.8. The van der Waals surface area contributed by atoms with Gasteiger partial charge in [0.15, 0.2) is 34.8 Å². The molecule has 8 heteroatoms. The number of benzene rings is 3. The monoisotopic (exact) mass is 534 g/mol. The molecule has 38 heavy (non-hydrogen) atoms. The van der Waals surface area contributed by atoms with Gasteiger partial charge in [-0.25, -0.2) is 22.0 Å². The van der Waals surface area contributed by atoms with Gasteiger partial charge < -0.3 is 10.2 Å². The van der Waals surface area contributed by atoms with E-state index in [0.717, 1.165) is 6.07 Å². The molecule has 2 N–H and O–H groups in total. The maximum Gasteiger partial charge on any atom is 0.200 e. The van der Waals surface area contributed by atoms with Crippen LogP contribution in [0.4, 0.5) is 26.3 Å². The molecule has 0 fully saturated rings. The van der Waals surface area contributed by atoms with Crippen molar-refractivity contribution in [1.82, 2.24) is 0 Å². The minimum atomic E-state index is -1.39. The summed E-state index contributed by atoms with van der Waals surface area (Å²) in [5.41, 5.74) is 0.655. The van der Waals surface area contributed by atoms with Crippen LogP contribution in [0.2, 0.25) is 0 Å². The van der Waals surface area contributed by atoms with E-state index >= 15 is 0 Å². The van der Waals surface area contributed by atoms with Gasteiger partial charge in [-0.15, -0.1) is 0 Å². The maximum atomic E-state index is 15.0. The van der Waals surface area contributed by atoms with Gasteiger partial charge in [-0.3, -0.25) is 0 Å². The van der Waals surface area contributed by atoms with Crippen molar-refractivity contribution in [3.8, 4) is 5.75 Å². The summed E-state index contributed by atoms with van der Waals surface area (Å²) in [7, 11) is 0. The van der Waals surface area contributed by atoms with Gasteiger partial charge >= 0.3 is 0 Å². The number of hydrogen-bond donors (Lipinski definition) is 2. The van der Waals surface area contributed by atoms with Crippen LogP contribution in [0.15, 0.2) is 42.5 Å². The molecule has 0 aliphatic heterocycles. The lowest BCUT2D eigenvalue weighted by molar-refractivity contribution is 0.160. The van der Waals surface area contributed by atoms with Crippen LogP contribution >= 0.6 is 0 Å². The fourth-order valence-corrected chi connectivity index (χ4v) is 5.01. The minimum absolute atomic E-state index is 0.00341. The van der Waals surface area contributed by atoms with Crippen molar-refractivity contribution in [3.05, 3.63) is 105 Å². The average molecular weight is 535 g/mol. The molecule has 0 amide bonds. The van der Waals surface area contributed by atoms with Gasteiger partial charge in [0.05, 0.1) is 6.10 Å². The minimum Gasteiger partial charge on any atom is -0.505 e. The molecule has 2 nitrogen and oxygen atoms in total. The molecule has 2 atom stereocenters. The standard InChI is InChI=1S/C30H28F6O2/c1-2-3-23(37)22-14-13-21(28(34)29(22)35)17-6-4-16(5-7-17)20-12-10-18(25(31)27(20)33)8-9-19-11-15-24(38)30(36)26(19)32/h4,10-15,17,23,37-38H,2-3,5-9H2,1H3. The van der Waals surface area contributed by atoms with E-state index in [0.29, 0.717) is 37.7 Å². The Morgan fingerprint density at radius 3 is 2.08 bits per heavy atom. The molecular weight excluding hydrogens is 506 g/mol. The molecule has 0 saturated carbocycles. The van der Waals surface area contributed by atoms with Crippen LogP contribution in [0.1, 0.15) is 78.9 Å². The highest BCUT2D eigenvalue weighted by Gasteiger charge is 2.26. The van der Waals surface area contributed by atoms with Crippen LogP contribution in [-0.2, 0) is 12.8 Å². The molecule has 2 unspecified atom stereocenters. The lowest BCUT2D eigenvalue weighted by atomic mass is 9.81. The molecule has 0 bridgehead atoms. The van der Waals surface area contributed by atoms with Gasteiger partial charge in [0, 0.05) is 11.1 Å². The Morgan fingerprint density at radius 1 is 0.789 bits per heavy atom. The van der Waals surface area contributed by atoms with Gasteiger partial charge in [0.25, 0.3) is 0 Å². The summed E-state index contributed by atoms with van der Waals surface area (Å²) in [4.78, 5) is 0. The van der Waals surface area contributed by atoms with Gasteiger partial charge in [-0.1, -0.05) is 49.8 Å². The van der Waals surface area contributed by atoms with E-state index < -0.39 is 46.8 Å². The predicted octanol–water partition coefficient (Wildman–Crippen LogP) is 8.20. The number of allylic oxidation sites excluding steroid dienone is 2. The highest BCUT2D eigenvalue weighted by molar-refractivity contribution is 5.67. The van der Waals surface area contributed by atoms with Crippen molar-refractivity contribution in [1.29, 1.82) is 0 Å². The zero-order valence-corrected chi connectivity index (χ0v) is 20.8. The number of aryl methyl sites for hydroxylation is 2. The molecule has 0 radical (unpaired) electrons. The smallest absolute Gasteiger partial charge is 0.200 e. The first kappa shape index (κ1) is 27.8. The quantitative estimate of drug-likeness (QED) is 0.286. The van der Waals surface area contributed by atoms with Crippen LogP contribution in [0, 0.1) is 34.9 Å². The van der Waals surface area contributed by atoms with E-state index in [1.807, 2.05) is 6.92 Å². The molecule has 0 saturated heterocycles. The van der Waals surface area contributed by atoms with E-state index in [2.05, 4.69) is 0 Å². The first-order valence-corrected chi connectivity index (χ1v) is 12.6. The predicted molar refractivity (Wildman–Crippen MR) is 133 cm³/mol. The van der Waals surface area contributed by atoms with Crippen molar-refractivity contribution in [2.75, 3.05) is 0 Å². The number of halogens is 6. The summed E-state index contributed by atoms with van der Waals surface area (Å²) in [6, 6.07) is 7.90. The summed E-state index contributed by atoms with van der Waals surface area (Å²) < 4.78 is 86.8. The number of phenolic OH excluding ortho intramolecular Hbond substituents is 1. The molecule has 4 rings (SSSR count). The van der Waals surface area contributed by atoms with E-state index in [-0.39, 0.29) is 46.6 Å². The van der Waals surface area contributed by atoms with Crippen molar-refractivity contribution in [2.24, 2.45) is 0 Å². The molecule has 1 aliphatic carbocycles. The van der Waals surface area contributed by atoms with E-state index in [4.69, 9.17) is 0 Å². The van der Waals surface area contributed by atoms with Gasteiger partial charge in [-0.05, 0) is 72.8 Å². The zero-order chi connectivity index (χ0) is 27.6. The van der Waals surface area contributed by atoms with E-state index in [1.54, 1.807) is 6.08 Å². The summed E-state index contributed by atoms with van der Waals surface area (Å²) >= 11 is 0. The van der Waals surface area contributed by atoms with Crippen LogP contribution in [0.3, 0.4) is 0 Å². The average Bonchev–Trinajstić information content (AvgIpc) is 2.91. The number of aliphatic hydroxyl groups excluding tert-OH is 1. The Bertz CT molecular complexity index is 1370. The molecule has 3 aromatic carbocycles. The number of aromatic hydroxyl groups is 1. The van der Waals surface area contributed by atoms with Gasteiger partial charge in [0.2, 0.25) is 5.82 Å². The second-order valence-corrected chi connectivity index (χ2v) is 9.65. The fourth-order valence-electron chi connectivity index (χ4n) is 5.01. The Balaban J connectivity index is 1.48. The Hall–Kier alpha value is -3.26. The number of phenols is 1. The highest BCUT2D eigenvalue weighted by Crippen LogP contribution is 2.39. The lowest BCUT2D eigenvalue weighted by Crippen LogP contribution is -2.11. The SMILES string of the molecule is CCCC(O)c1ccc(C2CC=C(c3ccc(CCc4ccc(O)c(F)c4F)c(F)c3F)CC2)c(F)c1F. The largest absolute Gasteiger partial charge is 0.505 e. The molecular formula is C30H28F6O2. The maximum absolute atomic E-state index is 15.0. The lowest BCUT2D eigenvalue weighted by Gasteiger charge is -2.24. The van der Waals surface area contributed by atoms with Crippen molar-refractivity contribution >= 4 is 5.57 Å². The highest BCUT2D eigenvalue weighted by atomic mass is 19.2. The molecule has 1 aliphatic rings. The summed E-state index contributed by atoms with van der Waals surface area (Å²) in [5, 5.41) is 19.3. The Kier molecular flexibility index (Phi) is 8.51. The third-order valence-corrected chi connectivity index (χ3v) is 7.23. The van der Waals surface area contributed by atoms with E-state index in [9.17, 15) is 36.6 Å². The van der Waals surface area contributed by atoms with Crippen LogP contribution in [0.25, 0.3) is 5.57 Å². The molecule has 3 aromatic rings. The van der Waals surface area contributed by atoms with Gasteiger partial charge in [-0.2, -0.15) is 4.39 Å². The Morgan fingerprint density at radius 2 is 1.45 bits per heavy atom. The van der Waals surface area contributed by atoms with Crippen LogP contribution < -0.4 is 0 Å². The van der Waals surface area contributed by atoms with Crippen LogP contribution in [-0.4, -0.2) is 10.2 Å². The topological polar surface area (TPSA) is 40.5 Å². The molecule has 0 spiro atoms. The molecule has 0 heterocycles. The number of hydrogen-bond acceptors (Lipinski definition) is 2. The number of aliphatic hydroxyl groups is 1. The molecule has 202 valence electrons. The third-order valence-electron chi connectivity index (χ3n) is 7.23. The van der Waals surface area contributed by atoms with Crippen molar-refractivity contribution in [2.45, 2.75) is 63.9 Å². The Labute approximate surface area is 217 Å². The normalized spacial score (nSPS) is 16.4. The first-order chi connectivity index (χ1) is 18.1. The van der Waals surface area contributed by atoms with Crippen molar-refractivity contribution in [3.63, 3.8) is 0 Å². The van der Waals surface area contributed by atoms with E-state index in [1.165, 1.54) is 30.3 Å². The second-order valence-electron chi connectivity index (χ2n) is 9.65.